The predicted octanol–water partition coefficient (Wildman–Crippen LogP) is 1.33. The minimum atomic E-state index is 0.620. The zero-order valence-corrected chi connectivity index (χ0v) is 9.45. The molecule has 0 atom stereocenters. The van der Waals surface area contributed by atoms with Gasteiger partial charge in [0.15, 0.2) is 0 Å². The lowest BCUT2D eigenvalue weighted by Gasteiger charge is -2.18. The SMILES string of the molecule is CCN(CC)Cc1ccc(CN)n1C. The molecule has 0 unspecified atom stereocenters. The molecular formula is C11H21N3. The Morgan fingerprint density at radius 1 is 1.21 bits per heavy atom. The molecule has 0 aliphatic rings. The zero-order valence-electron chi connectivity index (χ0n) is 9.45. The number of nitrogens with two attached hydrogens (primary N) is 1. The molecule has 2 N–H and O–H groups in total. The van der Waals surface area contributed by atoms with Crippen LogP contribution in [0.2, 0.25) is 0 Å². The standard InChI is InChI=1S/C11H21N3/c1-4-14(5-2)9-11-7-6-10(8-12)13(11)3/h6-7H,4-5,8-9,12H2,1-3H3. The van der Waals surface area contributed by atoms with E-state index in [-0.39, 0.29) is 0 Å². The zero-order chi connectivity index (χ0) is 10.6. The van der Waals surface area contributed by atoms with E-state index in [2.05, 4.69) is 42.5 Å². The average molecular weight is 195 g/mol. The van der Waals surface area contributed by atoms with Gasteiger partial charge >= 0.3 is 0 Å². The van der Waals surface area contributed by atoms with Gasteiger partial charge in [-0.15, -0.1) is 0 Å². The van der Waals surface area contributed by atoms with E-state index in [0.717, 1.165) is 19.6 Å². The van der Waals surface area contributed by atoms with Crippen molar-refractivity contribution in [3.8, 4) is 0 Å². The van der Waals surface area contributed by atoms with Gasteiger partial charge in [-0.3, -0.25) is 4.90 Å². The third-order valence-electron chi connectivity index (χ3n) is 2.82. The summed E-state index contributed by atoms with van der Waals surface area (Å²) in [5, 5.41) is 0. The van der Waals surface area contributed by atoms with Crippen LogP contribution in [0.1, 0.15) is 25.2 Å². The molecule has 80 valence electrons. The summed E-state index contributed by atoms with van der Waals surface area (Å²) in [4.78, 5) is 2.40. The van der Waals surface area contributed by atoms with Crippen LogP contribution in [0.4, 0.5) is 0 Å². The number of hydrogen-bond acceptors (Lipinski definition) is 2. The summed E-state index contributed by atoms with van der Waals surface area (Å²) in [6.45, 7) is 8.21. The van der Waals surface area contributed by atoms with Crippen molar-refractivity contribution >= 4 is 0 Å². The van der Waals surface area contributed by atoms with E-state index in [9.17, 15) is 0 Å². The fourth-order valence-electron chi connectivity index (χ4n) is 1.64. The van der Waals surface area contributed by atoms with E-state index < -0.39 is 0 Å². The van der Waals surface area contributed by atoms with Gasteiger partial charge in [0, 0.05) is 31.5 Å². The fraction of sp³-hybridized carbons (Fsp3) is 0.636. The summed E-state index contributed by atoms with van der Waals surface area (Å²) in [5.74, 6) is 0. The van der Waals surface area contributed by atoms with Crippen LogP contribution >= 0.6 is 0 Å². The minimum Gasteiger partial charge on any atom is -0.349 e. The summed E-state index contributed by atoms with van der Waals surface area (Å²) in [7, 11) is 2.08. The Labute approximate surface area is 86.5 Å². The van der Waals surface area contributed by atoms with Crippen LogP contribution in [0.25, 0.3) is 0 Å². The van der Waals surface area contributed by atoms with E-state index in [1.54, 1.807) is 0 Å². The van der Waals surface area contributed by atoms with Crippen LogP contribution < -0.4 is 5.73 Å². The topological polar surface area (TPSA) is 34.2 Å². The molecule has 3 heteroatoms. The summed E-state index contributed by atoms with van der Waals surface area (Å²) >= 11 is 0. The second-order valence-electron chi connectivity index (χ2n) is 3.54. The monoisotopic (exact) mass is 195 g/mol. The first-order valence-electron chi connectivity index (χ1n) is 5.28. The highest BCUT2D eigenvalue weighted by Gasteiger charge is 2.06. The molecule has 0 amide bonds. The van der Waals surface area contributed by atoms with E-state index >= 15 is 0 Å². The Morgan fingerprint density at radius 2 is 1.79 bits per heavy atom. The van der Waals surface area contributed by atoms with Crippen molar-refractivity contribution in [3.63, 3.8) is 0 Å². The quantitative estimate of drug-likeness (QED) is 0.769. The van der Waals surface area contributed by atoms with Crippen molar-refractivity contribution in [2.75, 3.05) is 13.1 Å². The molecule has 0 fully saturated rings. The van der Waals surface area contributed by atoms with E-state index in [1.165, 1.54) is 11.4 Å². The van der Waals surface area contributed by atoms with Crippen molar-refractivity contribution < 1.29 is 0 Å². The molecule has 0 aliphatic heterocycles. The van der Waals surface area contributed by atoms with Gasteiger partial charge in [-0.25, -0.2) is 0 Å². The van der Waals surface area contributed by atoms with E-state index in [4.69, 9.17) is 5.73 Å². The smallest absolute Gasteiger partial charge is 0.0386 e. The molecule has 3 nitrogen and oxygen atoms in total. The Bertz CT molecular complexity index is 274. The van der Waals surface area contributed by atoms with Crippen LogP contribution in [0.15, 0.2) is 12.1 Å². The Hall–Kier alpha value is -0.800. The second-order valence-corrected chi connectivity index (χ2v) is 3.54. The first-order valence-corrected chi connectivity index (χ1v) is 5.28. The number of hydrogen-bond donors (Lipinski definition) is 1. The minimum absolute atomic E-state index is 0.620. The normalized spacial score (nSPS) is 11.2. The molecule has 0 spiro atoms. The summed E-state index contributed by atoms with van der Waals surface area (Å²) in [5.41, 5.74) is 8.17. The van der Waals surface area contributed by atoms with Crippen molar-refractivity contribution in [2.45, 2.75) is 26.9 Å². The lowest BCUT2D eigenvalue weighted by molar-refractivity contribution is 0.289. The number of rotatable bonds is 5. The maximum absolute atomic E-state index is 5.63. The van der Waals surface area contributed by atoms with Gasteiger partial charge in [0.1, 0.15) is 0 Å². The molecule has 0 radical (unpaired) electrons. The second kappa shape index (κ2) is 5.17. The predicted molar refractivity (Wildman–Crippen MR) is 59.9 cm³/mol. The van der Waals surface area contributed by atoms with Crippen LogP contribution in [-0.4, -0.2) is 22.6 Å². The Balaban J connectivity index is 2.71. The third-order valence-corrected chi connectivity index (χ3v) is 2.82. The van der Waals surface area contributed by atoms with Gasteiger partial charge < -0.3 is 10.3 Å². The molecule has 0 aliphatic carbocycles. The first kappa shape index (κ1) is 11.3. The molecule has 14 heavy (non-hydrogen) atoms. The first-order chi connectivity index (χ1) is 6.72. The van der Waals surface area contributed by atoms with Gasteiger partial charge in [-0.2, -0.15) is 0 Å². The van der Waals surface area contributed by atoms with Gasteiger partial charge in [0.2, 0.25) is 0 Å². The molecule has 0 aromatic carbocycles. The highest BCUT2D eigenvalue weighted by molar-refractivity contribution is 5.15. The maximum atomic E-state index is 5.63. The van der Waals surface area contributed by atoms with Crippen LogP contribution in [-0.2, 0) is 20.1 Å². The molecule has 0 saturated carbocycles. The lowest BCUT2D eigenvalue weighted by Crippen LogP contribution is -2.23. The molecule has 0 bridgehead atoms. The highest BCUT2D eigenvalue weighted by atomic mass is 15.1. The maximum Gasteiger partial charge on any atom is 0.0386 e. The summed E-state index contributed by atoms with van der Waals surface area (Å²) in [6, 6.07) is 4.28. The van der Waals surface area contributed by atoms with Crippen molar-refractivity contribution in [1.82, 2.24) is 9.47 Å². The average Bonchev–Trinajstić information content (AvgIpc) is 2.56. The van der Waals surface area contributed by atoms with Gasteiger partial charge in [0.25, 0.3) is 0 Å². The summed E-state index contributed by atoms with van der Waals surface area (Å²) < 4.78 is 2.19. The lowest BCUT2D eigenvalue weighted by atomic mass is 10.3. The van der Waals surface area contributed by atoms with Crippen LogP contribution in [0.3, 0.4) is 0 Å². The molecule has 1 aromatic heterocycles. The van der Waals surface area contributed by atoms with Gasteiger partial charge in [-0.05, 0) is 25.2 Å². The van der Waals surface area contributed by atoms with Crippen molar-refractivity contribution in [2.24, 2.45) is 12.8 Å². The van der Waals surface area contributed by atoms with E-state index in [1.807, 2.05) is 0 Å². The van der Waals surface area contributed by atoms with Crippen molar-refractivity contribution in [3.05, 3.63) is 23.5 Å². The van der Waals surface area contributed by atoms with Crippen LogP contribution in [0, 0.1) is 0 Å². The van der Waals surface area contributed by atoms with Crippen molar-refractivity contribution in [1.29, 1.82) is 0 Å². The molecule has 1 aromatic rings. The third kappa shape index (κ3) is 2.36. The van der Waals surface area contributed by atoms with Gasteiger partial charge in [0.05, 0.1) is 0 Å². The molecule has 1 rings (SSSR count). The molecule has 1 heterocycles. The number of nitrogens with zero attached hydrogens (tertiary/aromatic N) is 2. The Morgan fingerprint density at radius 3 is 2.21 bits per heavy atom. The van der Waals surface area contributed by atoms with Gasteiger partial charge in [-0.1, -0.05) is 13.8 Å². The number of aromatic nitrogens is 1. The van der Waals surface area contributed by atoms with Crippen LogP contribution in [0.5, 0.6) is 0 Å². The molecule has 0 saturated heterocycles. The highest BCUT2D eigenvalue weighted by Crippen LogP contribution is 2.09. The Kier molecular flexibility index (Phi) is 4.17. The van der Waals surface area contributed by atoms with E-state index in [0.29, 0.717) is 6.54 Å². The molecular weight excluding hydrogens is 174 g/mol. The summed E-state index contributed by atoms with van der Waals surface area (Å²) in [6.07, 6.45) is 0. The largest absolute Gasteiger partial charge is 0.349 e. The fourth-order valence-corrected chi connectivity index (χ4v) is 1.64.